The predicted molar refractivity (Wildman–Crippen MR) is 62.9 cm³/mol. The number of methoxy groups -OCH3 is 1. The summed E-state index contributed by atoms with van der Waals surface area (Å²) in [6.07, 6.45) is 1.41. The van der Waals surface area contributed by atoms with Gasteiger partial charge in [-0.05, 0) is 6.07 Å². The number of hydrogen-bond acceptors (Lipinski definition) is 5. The van der Waals surface area contributed by atoms with E-state index in [2.05, 4.69) is 9.97 Å². The smallest absolute Gasteiger partial charge is 0.330 e. The van der Waals surface area contributed by atoms with Crippen LogP contribution in [0.1, 0.15) is 0 Å². The predicted octanol–water partition coefficient (Wildman–Crippen LogP) is -0.687. The van der Waals surface area contributed by atoms with E-state index in [1.165, 1.54) is 23.9 Å². The number of hydrogen-bond donors (Lipinski definition) is 2. The highest BCUT2D eigenvalue weighted by Crippen LogP contribution is 2.08. The van der Waals surface area contributed by atoms with Gasteiger partial charge in [-0.3, -0.25) is 14.3 Å². The molecule has 0 fully saturated rings. The van der Waals surface area contributed by atoms with Crippen LogP contribution < -0.4 is 17.0 Å². The van der Waals surface area contributed by atoms with Crippen LogP contribution in [0.2, 0.25) is 0 Å². The standard InChI is InChI=1S/C10H12N4O3/c1-17-3-2-14-8-7(4-6(11)5-12-8)9(15)13-10(14)16/h4-5H,2-3,11H2,1H3,(H,13,15,16). The average molecular weight is 236 g/mol. The summed E-state index contributed by atoms with van der Waals surface area (Å²) in [5.74, 6) is 0. The van der Waals surface area contributed by atoms with E-state index in [4.69, 9.17) is 10.5 Å². The normalized spacial score (nSPS) is 10.9. The maximum atomic E-state index is 11.6. The first-order valence-corrected chi connectivity index (χ1v) is 5.01. The van der Waals surface area contributed by atoms with E-state index in [0.717, 1.165) is 0 Å². The molecular formula is C10H12N4O3. The van der Waals surface area contributed by atoms with E-state index >= 15 is 0 Å². The number of nitrogen functional groups attached to an aromatic ring is 1. The molecule has 0 radical (unpaired) electrons. The third-order valence-electron chi connectivity index (χ3n) is 2.37. The van der Waals surface area contributed by atoms with Crippen molar-refractivity contribution < 1.29 is 4.74 Å². The van der Waals surface area contributed by atoms with E-state index in [-0.39, 0.29) is 0 Å². The molecule has 0 aliphatic heterocycles. The van der Waals surface area contributed by atoms with Gasteiger partial charge in [0.25, 0.3) is 5.56 Å². The van der Waals surface area contributed by atoms with E-state index in [9.17, 15) is 9.59 Å². The SMILES string of the molecule is COCCn1c(=O)[nH]c(=O)c2cc(N)cnc21. The van der Waals surface area contributed by atoms with Crippen molar-refractivity contribution >= 4 is 16.7 Å². The Hall–Kier alpha value is -2.15. The van der Waals surface area contributed by atoms with E-state index in [1.807, 2.05) is 0 Å². The lowest BCUT2D eigenvalue weighted by atomic mass is 10.3. The van der Waals surface area contributed by atoms with Crippen molar-refractivity contribution in [3.63, 3.8) is 0 Å². The summed E-state index contributed by atoms with van der Waals surface area (Å²) in [7, 11) is 1.53. The maximum Gasteiger partial charge on any atom is 0.330 e. The molecule has 0 atom stereocenters. The lowest BCUT2D eigenvalue weighted by Gasteiger charge is -2.07. The van der Waals surface area contributed by atoms with Crippen molar-refractivity contribution in [1.29, 1.82) is 0 Å². The number of anilines is 1. The van der Waals surface area contributed by atoms with Gasteiger partial charge in [0, 0.05) is 7.11 Å². The molecule has 3 N–H and O–H groups in total. The average Bonchev–Trinajstić information content (AvgIpc) is 2.29. The van der Waals surface area contributed by atoms with Gasteiger partial charge < -0.3 is 10.5 Å². The second kappa shape index (κ2) is 4.38. The zero-order valence-electron chi connectivity index (χ0n) is 9.27. The summed E-state index contributed by atoms with van der Waals surface area (Å²) < 4.78 is 6.25. The first kappa shape index (κ1) is 11.3. The number of aromatic nitrogens is 3. The number of nitrogens with two attached hydrogens (primary N) is 1. The van der Waals surface area contributed by atoms with Crippen LogP contribution in [0, 0.1) is 0 Å². The molecule has 2 rings (SSSR count). The molecule has 17 heavy (non-hydrogen) atoms. The van der Waals surface area contributed by atoms with Crippen molar-refractivity contribution in [3.05, 3.63) is 33.1 Å². The number of ether oxygens (including phenoxy) is 1. The molecule has 0 bridgehead atoms. The monoisotopic (exact) mass is 236 g/mol. The summed E-state index contributed by atoms with van der Waals surface area (Å²) in [4.78, 5) is 29.4. The van der Waals surface area contributed by atoms with Crippen LogP contribution in [0.25, 0.3) is 11.0 Å². The minimum Gasteiger partial charge on any atom is -0.397 e. The molecule has 7 nitrogen and oxygen atoms in total. The van der Waals surface area contributed by atoms with Crippen LogP contribution in [0.3, 0.4) is 0 Å². The van der Waals surface area contributed by atoms with Crippen molar-refractivity contribution in [2.45, 2.75) is 6.54 Å². The quantitative estimate of drug-likeness (QED) is 0.734. The van der Waals surface area contributed by atoms with Crippen molar-refractivity contribution in [3.8, 4) is 0 Å². The minimum atomic E-state index is -0.503. The van der Waals surface area contributed by atoms with Gasteiger partial charge in [0.2, 0.25) is 0 Å². The number of nitrogens with one attached hydrogen (secondary N) is 1. The minimum absolute atomic E-state index is 0.292. The summed E-state index contributed by atoms with van der Waals surface area (Å²) >= 11 is 0. The Morgan fingerprint density at radius 2 is 2.29 bits per heavy atom. The molecule has 2 aromatic heterocycles. The van der Waals surface area contributed by atoms with Gasteiger partial charge in [0.1, 0.15) is 5.65 Å². The van der Waals surface area contributed by atoms with Crippen LogP contribution in [-0.4, -0.2) is 28.3 Å². The van der Waals surface area contributed by atoms with Crippen LogP contribution >= 0.6 is 0 Å². The second-order valence-electron chi connectivity index (χ2n) is 3.54. The molecule has 7 heteroatoms. The van der Waals surface area contributed by atoms with Gasteiger partial charge in [-0.25, -0.2) is 9.78 Å². The third kappa shape index (κ3) is 2.04. The van der Waals surface area contributed by atoms with Gasteiger partial charge in [-0.2, -0.15) is 0 Å². The first-order valence-electron chi connectivity index (χ1n) is 5.01. The van der Waals surface area contributed by atoms with Crippen LogP contribution in [0.5, 0.6) is 0 Å². The zero-order valence-corrected chi connectivity index (χ0v) is 9.27. The van der Waals surface area contributed by atoms with Crippen LogP contribution in [0.4, 0.5) is 5.69 Å². The van der Waals surface area contributed by atoms with E-state index in [0.29, 0.717) is 29.9 Å². The summed E-state index contributed by atoms with van der Waals surface area (Å²) in [5.41, 5.74) is 5.25. The molecule has 0 unspecified atom stereocenters. The summed E-state index contributed by atoms with van der Waals surface area (Å²) in [6.45, 7) is 0.673. The molecule has 0 saturated heterocycles. The number of pyridine rings is 1. The molecule has 0 aliphatic carbocycles. The Morgan fingerprint density at radius 3 is 3.00 bits per heavy atom. The van der Waals surface area contributed by atoms with Crippen LogP contribution in [-0.2, 0) is 11.3 Å². The Labute approximate surface area is 95.9 Å². The fourth-order valence-electron chi connectivity index (χ4n) is 1.57. The Morgan fingerprint density at radius 1 is 1.53 bits per heavy atom. The molecule has 2 aromatic rings. The molecule has 0 aliphatic rings. The van der Waals surface area contributed by atoms with Crippen molar-refractivity contribution in [1.82, 2.24) is 14.5 Å². The number of H-pyrrole nitrogens is 1. The molecule has 90 valence electrons. The summed E-state index contributed by atoms with van der Waals surface area (Å²) in [5, 5.41) is 0.292. The van der Waals surface area contributed by atoms with Gasteiger partial charge in [-0.1, -0.05) is 0 Å². The molecule has 2 heterocycles. The van der Waals surface area contributed by atoms with E-state index in [1.54, 1.807) is 0 Å². The Bertz CT molecular complexity index is 659. The first-order chi connectivity index (χ1) is 8.13. The molecule has 0 spiro atoms. The molecular weight excluding hydrogens is 224 g/mol. The number of nitrogens with zero attached hydrogens (tertiary/aromatic N) is 2. The lowest BCUT2D eigenvalue weighted by molar-refractivity contribution is 0.187. The zero-order chi connectivity index (χ0) is 12.4. The highest BCUT2D eigenvalue weighted by atomic mass is 16.5. The molecule has 0 saturated carbocycles. The third-order valence-corrected chi connectivity index (χ3v) is 2.37. The summed E-state index contributed by atoms with van der Waals surface area (Å²) in [6, 6.07) is 1.49. The van der Waals surface area contributed by atoms with Gasteiger partial charge in [0.05, 0.1) is 30.4 Å². The molecule has 0 amide bonds. The second-order valence-corrected chi connectivity index (χ2v) is 3.54. The van der Waals surface area contributed by atoms with Gasteiger partial charge in [0.15, 0.2) is 0 Å². The van der Waals surface area contributed by atoms with Gasteiger partial charge >= 0.3 is 5.69 Å². The molecule has 0 aromatic carbocycles. The van der Waals surface area contributed by atoms with Gasteiger partial charge in [-0.15, -0.1) is 0 Å². The van der Waals surface area contributed by atoms with E-state index < -0.39 is 11.2 Å². The highest BCUT2D eigenvalue weighted by Gasteiger charge is 2.08. The van der Waals surface area contributed by atoms with Crippen LogP contribution in [0.15, 0.2) is 21.9 Å². The highest BCUT2D eigenvalue weighted by molar-refractivity contribution is 5.76. The lowest BCUT2D eigenvalue weighted by Crippen LogP contribution is -2.32. The van der Waals surface area contributed by atoms with Crippen molar-refractivity contribution in [2.24, 2.45) is 0 Å². The fraction of sp³-hybridized carbons (Fsp3) is 0.300. The maximum absolute atomic E-state index is 11.6. The number of aromatic amines is 1. The topological polar surface area (TPSA) is 103 Å². The number of rotatable bonds is 3. The Kier molecular flexibility index (Phi) is 2.92. The van der Waals surface area contributed by atoms with Crippen molar-refractivity contribution in [2.75, 3.05) is 19.5 Å². The fourth-order valence-corrected chi connectivity index (χ4v) is 1.57. The largest absolute Gasteiger partial charge is 0.397 e. The number of fused-ring (bicyclic) bond motifs is 1. The Balaban J connectivity index is 2.74.